The van der Waals surface area contributed by atoms with Gasteiger partial charge in [-0.2, -0.15) is 15.8 Å². The molecule has 0 saturated carbocycles. The summed E-state index contributed by atoms with van der Waals surface area (Å²) in [6.45, 7) is 0. The molecule has 0 spiro atoms. The molecule has 4 aromatic carbocycles. The van der Waals surface area contributed by atoms with E-state index in [1.807, 2.05) is 54.6 Å². The van der Waals surface area contributed by atoms with E-state index >= 15 is 0 Å². The van der Waals surface area contributed by atoms with Gasteiger partial charge < -0.3 is 0 Å². The van der Waals surface area contributed by atoms with Crippen molar-refractivity contribution in [2.45, 2.75) is 0 Å². The molecule has 0 aliphatic heterocycles. The van der Waals surface area contributed by atoms with Crippen LogP contribution in [0.25, 0.3) is 42.7 Å². The summed E-state index contributed by atoms with van der Waals surface area (Å²) in [5, 5.41) is 30.7. The third-order valence-electron chi connectivity index (χ3n) is 5.13. The standard InChI is InChI=1S/C26H12N4S/c27-13-16-1-3-20-11-21(5-4-19(20)7-16)22-8-18(15-29)9-23(12-22)26-30-24-6-2-17(14-28)10-25(24)31-26/h1-12H. The minimum absolute atomic E-state index is 0.560. The van der Waals surface area contributed by atoms with Crippen molar-refractivity contribution in [2.24, 2.45) is 0 Å². The molecule has 0 aliphatic rings. The summed E-state index contributed by atoms with van der Waals surface area (Å²) in [6.07, 6.45) is 0. The molecule has 0 radical (unpaired) electrons. The van der Waals surface area contributed by atoms with Crippen LogP contribution in [0.4, 0.5) is 0 Å². The predicted molar refractivity (Wildman–Crippen MR) is 122 cm³/mol. The highest BCUT2D eigenvalue weighted by atomic mass is 32.1. The third kappa shape index (κ3) is 3.38. The van der Waals surface area contributed by atoms with E-state index in [9.17, 15) is 5.26 Å². The Kier molecular flexibility index (Phi) is 4.42. The van der Waals surface area contributed by atoms with Gasteiger partial charge in [-0.25, -0.2) is 4.98 Å². The van der Waals surface area contributed by atoms with E-state index in [2.05, 4.69) is 24.3 Å². The second kappa shape index (κ2) is 7.39. The van der Waals surface area contributed by atoms with E-state index < -0.39 is 0 Å². The van der Waals surface area contributed by atoms with Crippen LogP contribution in [0.2, 0.25) is 0 Å². The lowest BCUT2D eigenvalue weighted by Crippen LogP contribution is -1.86. The lowest BCUT2D eigenvalue weighted by atomic mass is 9.97. The lowest BCUT2D eigenvalue weighted by molar-refractivity contribution is 1.44. The first-order chi connectivity index (χ1) is 15.2. The van der Waals surface area contributed by atoms with E-state index in [0.29, 0.717) is 16.7 Å². The van der Waals surface area contributed by atoms with Gasteiger partial charge in [-0.15, -0.1) is 11.3 Å². The van der Waals surface area contributed by atoms with Crippen LogP contribution in [0.1, 0.15) is 16.7 Å². The van der Waals surface area contributed by atoms with Crippen LogP contribution in [-0.2, 0) is 0 Å². The van der Waals surface area contributed by atoms with Crippen molar-refractivity contribution in [3.05, 3.63) is 89.5 Å². The monoisotopic (exact) mass is 412 g/mol. The summed E-state index contributed by atoms with van der Waals surface area (Å²) in [6, 6.07) is 29.4. The molecule has 5 rings (SSSR count). The highest BCUT2D eigenvalue weighted by Gasteiger charge is 2.11. The molecule has 0 bridgehead atoms. The van der Waals surface area contributed by atoms with Gasteiger partial charge in [-0.05, 0) is 76.5 Å². The highest BCUT2D eigenvalue weighted by Crippen LogP contribution is 2.34. The number of fused-ring (bicyclic) bond motifs is 2. The maximum absolute atomic E-state index is 9.58. The first-order valence-electron chi connectivity index (χ1n) is 9.47. The summed E-state index contributed by atoms with van der Waals surface area (Å²) < 4.78 is 0.942. The second-order valence-corrected chi connectivity index (χ2v) is 8.14. The average Bonchev–Trinajstić information content (AvgIpc) is 3.26. The zero-order valence-electron chi connectivity index (χ0n) is 16.1. The predicted octanol–water partition coefficient (Wildman–Crippen LogP) is 6.40. The topological polar surface area (TPSA) is 84.3 Å². The minimum atomic E-state index is 0.560. The van der Waals surface area contributed by atoms with Crippen molar-refractivity contribution in [2.75, 3.05) is 0 Å². The minimum Gasteiger partial charge on any atom is -0.236 e. The molecule has 1 aromatic heterocycles. The summed E-state index contributed by atoms with van der Waals surface area (Å²) in [5.41, 5.74) is 5.41. The Morgan fingerprint density at radius 1 is 0.581 bits per heavy atom. The zero-order chi connectivity index (χ0) is 21.4. The van der Waals surface area contributed by atoms with Crippen molar-refractivity contribution in [1.29, 1.82) is 15.8 Å². The van der Waals surface area contributed by atoms with Crippen molar-refractivity contribution in [3.8, 4) is 39.9 Å². The smallest absolute Gasteiger partial charge is 0.124 e. The van der Waals surface area contributed by atoms with Gasteiger partial charge in [-0.1, -0.05) is 18.2 Å². The van der Waals surface area contributed by atoms with Gasteiger partial charge >= 0.3 is 0 Å². The van der Waals surface area contributed by atoms with Gasteiger partial charge in [0.15, 0.2) is 0 Å². The van der Waals surface area contributed by atoms with Crippen molar-refractivity contribution in [3.63, 3.8) is 0 Å². The van der Waals surface area contributed by atoms with Crippen molar-refractivity contribution < 1.29 is 0 Å². The Morgan fingerprint density at radius 2 is 1.26 bits per heavy atom. The van der Waals surface area contributed by atoms with E-state index in [1.165, 1.54) is 11.3 Å². The number of nitrogens with zero attached hydrogens (tertiary/aromatic N) is 4. The fourth-order valence-corrected chi connectivity index (χ4v) is 4.59. The molecule has 0 unspecified atom stereocenters. The number of hydrogen-bond donors (Lipinski definition) is 0. The van der Waals surface area contributed by atoms with Gasteiger partial charge in [0, 0.05) is 5.56 Å². The van der Waals surface area contributed by atoms with Gasteiger partial charge in [0.1, 0.15) is 5.01 Å². The molecule has 0 N–H and O–H groups in total. The molecular formula is C26H12N4S. The third-order valence-corrected chi connectivity index (χ3v) is 6.20. The summed E-state index contributed by atoms with van der Waals surface area (Å²) >= 11 is 1.51. The number of nitriles is 3. The van der Waals surface area contributed by atoms with Crippen LogP contribution in [0.3, 0.4) is 0 Å². The Hall–Kier alpha value is -4.50. The lowest BCUT2D eigenvalue weighted by Gasteiger charge is -2.07. The van der Waals surface area contributed by atoms with Gasteiger partial charge in [0.05, 0.1) is 45.1 Å². The van der Waals surface area contributed by atoms with E-state index in [-0.39, 0.29) is 0 Å². The van der Waals surface area contributed by atoms with Crippen LogP contribution in [0.5, 0.6) is 0 Å². The molecule has 0 atom stereocenters. The molecule has 0 fully saturated rings. The molecule has 0 aliphatic carbocycles. The SMILES string of the molecule is N#Cc1cc(-c2ccc3cc(C#N)ccc3c2)cc(-c2nc3ccc(C#N)cc3s2)c1. The first kappa shape index (κ1) is 18.5. The van der Waals surface area contributed by atoms with Crippen molar-refractivity contribution >= 4 is 32.3 Å². The maximum atomic E-state index is 9.58. The molecule has 1 heterocycles. The molecule has 31 heavy (non-hydrogen) atoms. The molecule has 5 aromatic rings. The summed E-state index contributed by atoms with van der Waals surface area (Å²) in [5.74, 6) is 0. The van der Waals surface area contributed by atoms with Crippen LogP contribution in [0, 0.1) is 34.0 Å². The Balaban J connectivity index is 1.64. The molecule has 142 valence electrons. The van der Waals surface area contributed by atoms with Crippen molar-refractivity contribution in [1.82, 2.24) is 4.98 Å². The number of rotatable bonds is 2. The molecule has 0 saturated heterocycles. The summed E-state index contributed by atoms with van der Waals surface area (Å²) in [4.78, 5) is 4.71. The van der Waals surface area contributed by atoms with E-state index in [1.54, 1.807) is 12.1 Å². The van der Waals surface area contributed by atoms with Gasteiger partial charge in [0.25, 0.3) is 0 Å². The Bertz CT molecular complexity index is 1620. The number of benzene rings is 4. The largest absolute Gasteiger partial charge is 0.236 e. The van der Waals surface area contributed by atoms with Crippen LogP contribution >= 0.6 is 11.3 Å². The molecule has 0 amide bonds. The highest BCUT2D eigenvalue weighted by molar-refractivity contribution is 7.21. The van der Waals surface area contributed by atoms with Crippen LogP contribution in [0.15, 0.2) is 72.8 Å². The van der Waals surface area contributed by atoms with E-state index in [0.717, 1.165) is 42.7 Å². The maximum Gasteiger partial charge on any atom is 0.124 e. The molecule has 5 heteroatoms. The van der Waals surface area contributed by atoms with Gasteiger partial charge in [-0.3, -0.25) is 0 Å². The average molecular weight is 412 g/mol. The van der Waals surface area contributed by atoms with Crippen LogP contribution in [-0.4, -0.2) is 4.98 Å². The number of thiazole rings is 1. The second-order valence-electron chi connectivity index (χ2n) is 7.11. The normalized spacial score (nSPS) is 10.5. The Morgan fingerprint density at radius 3 is 2.06 bits per heavy atom. The molecule has 4 nitrogen and oxygen atoms in total. The molecular weight excluding hydrogens is 400 g/mol. The fraction of sp³-hybridized carbons (Fsp3) is 0. The fourth-order valence-electron chi connectivity index (χ4n) is 3.59. The number of hydrogen-bond acceptors (Lipinski definition) is 5. The van der Waals surface area contributed by atoms with Crippen LogP contribution < -0.4 is 0 Å². The first-order valence-corrected chi connectivity index (χ1v) is 10.3. The van der Waals surface area contributed by atoms with E-state index in [4.69, 9.17) is 15.5 Å². The quantitative estimate of drug-likeness (QED) is 0.336. The zero-order valence-corrected chi connectivity index (χ0v) is 16.9. The van der Waals surface area contributed by atoms with Gasteiger partial charge in [0.2, 0.25) is 0 Å². The Labute approximate surface area is 182 Å². The number of aromatic nitrogens is 1. The summed E-state index contributed by atoms with van der Waals surface area (Å²) in [7, 11) is 0.